The largest absolute Gasteiger partial charge is 0.495 e. The number of ether oxygens (including phenoxy) is 2. The summed E-state index contributed by atoms with van der Waals surface area (Å²) in [5.41, 5.74) is 1.55. The SMILES string of the molecule is CC[C@H](C)NS(=O)(=O)c1ccc(OCC(=O)Nc2cc(C)ccc2OC)cc1. The Morgan fingerprint density at radius 2 is 1.82 bits per heavy atom. The van der Waals surface area contributed by atoms with Crippen LogP contribution in [0.2, 0.25) is 0 Å². The summed E-state index contributed by atoms with van der Waals surface area (Å²) in [6.07, 6.45) is 0.696. The van der Waals surface area contributed by atoms with Crippen LogP contribution in [0.1, 0.15) is 25.8 Å². The van der Waals surface area contributed by atoms with Crippen LogP contribution in [0.5, 0.6) is 11.5 Å². The van der Waals surface area contributed by atoms with Crippen LogP contribution >= 0.6 is 0 Å². The Balaban J connectivity index is 1.96. The average Bonchev–Trinajstić information content (AvgIpc) is 2.66. The lowest BCUT2D eigenvalue weighted by Gasteiger charge is -2.13. The molecular weight excluding hydrogens is 380 g/mol. The minimum Gasteiger partial charge on any atom is -0.495 e. The number of carbonyl (C=O) groups is 1. The van der Waals surface area contributed by atoms with Crippen molar-refractivity contribution < 1.29 is 22.7 Å². The van der Waals surface area contributed by atoms with E-state index < -0.39 is 10.0 Å². The summed E-state index contributed by atoms with van der Waals surface area (Å²) in [5, 5.41) is 2.74. The molecule has 0 heterocycles. The number of carbonyl (C=O) groups excluding carboxylic acids is 1. The monoisotopic (exact) mass is 406 g/mol. The molecule has 0 aliphatic carbocycles. The molecule has 0 fully saturated rings. The Morgan fingerprint density at radius 1 is 1.14 bits per heavy atom. The zero-order valence-corrected chi connectivity index (χ0v) is 17.3. The van der Waals surface area contributed by atoms with Gasteiger partial charge in [-0.3, -0.25) is 4.79 Å². The van der Waals surface area contributed by atoms with E-state index in [2.05, 4.69) is 10.0 Å². The third-order valence-corrected chi connectivity index (χ3v) is 5.71. The standard InChI is InChI=1S/C20H26N2O5S/c1-5-15(3)22-28(24,25)17-9-7-16(8-10-17)27-13-20(23)21-18-12-14(2)6-11-19(18)26-4/h6-12,15,22H,5,13H2,1-4H3,(H,21,23)/t15-/m0/s1. The molecule has 0 aliphatic rings. The van der Waals surface area contributed by atoms with Gasteiger partial charge in [-0.05, 0) is 62.2 Å². The van der Waals surface area contributed by atoms with Crippen molar-refractivity contribution in [3.8, 4) is 11.5 Å². The van der Waals surface area contributed by atoms with E-state index in [0.717, 1.165) is 5.56 Å². The van der Waals surface area contributed by atoms with Crippen LogP contribution in [0.3, 0.4) is 0 Å². The molecule has 8 heteroatoms. The first-order valence-electron chi connectivity index (χ1n) is 8.95. The summed E-state index contributed by atoms with van der Waals surface area (Å²) in [6, 6.07) is 11.2. The van der Waals surface area contributed by atoms with Gasteiger partial charge in [-0.2, -0.15) is 0 Å². The first kappa shape index (κ1) is 21.7. The molecule has 2 rings (SSSR count). The molecule has 28 heavy (non-hydrogen) atoms. The second kappa shape index (κ2) is 9.57. The van der Waals surface area contributed by atoms with Gasteiger partial charge in [0.05, 0.1) is 17.7 Å². The molecule has 0 bridgehead atoms. The number of rotatable bonds is 9. The normalized spacial score (nSPS) is 12.3. The fraction of sp³-hybridized carbons (Fsp3) is 0.350. The molecule has 0 aromatic heterocycles. The summed E-state index contributed by atoms with van der Waals surface area (Å²) in [5.74, 6) is 0.607. The van der Waals surface area contributed by atoms with Gasteiger partial charge in [-0.25, -0.2) is 13.1 Å². The Labute approximate surface area is 166 Å². The van der Waals surface area contributed by atoms with Crippen LogP contribution in [0, 0.1) is 6.92 Å². The maximum atomic E-state index is 12.2. The maximum Gasteiger partial charge on any atom is 0.262 e. The number of amides is 1. The Hall–Kier alpha value is -2.58. The van der Waals surface area contributed by atoms with Crippen LogP contribution in [-0.4, -0.2) is 34.1 Å². The lowest BCUT2D eigenvalue weighted by molar-refractivity contribution is -0.118. The highest BCUT2D eigenvalue weighted by atomic mass is 32.2. The van der Waals surface area contributed by atoms with Crippen molar-refractivity contribution in [3.63, 3.8) is 0 Å². The molecule has 0 unspecified atom stereocenters. The van der Waals surface area contributed by atoms with E-state index in [1.165, 1.54) is 31.4 Å². The zero-order valence-electron chi connectivity index (χ0n) is 16.5. The first-order valence-corrected chi connectivity index (χ1v) is 10.4. The maximum absolute atomic E-state index is 12.2. The quantitative estimate of drug-likeness (QED) is 0.667. The Kier molecular flexibility index (Phi) is 7.42. The lowest BCUT2D eigenvalue weighted by atomic mass is 10.2. The number of hydrogen-bond acceptors (Lipinski definition) is 5. The number of methoxy groups -OCH3 is 1. The van der Waals surface area contributed by atoms with Gasteiger partial charge in [0, 0.05) is 6.04 Å². The van der Waals surface area contributed by atoms with Crippen molar-refractivity contribution >= 4 is 21.6 Å². The van der Waals surface area contributed by atoms with Crippen molar-refractivity contribution in [2.75, 3.05) is 19.0 Å². The van der Waals surface area contributed by atoms with E-state index >= 15 is 0 Å². The molecule has 1 atom stereocenters. The fourth-order valence-corrected chi connectivity index (χ4v) is 3.71. The van der Waals surface area contributed by atoms with Crippen molar-refractivity contribution in [3.05, 3.63) is 48.0 Å². The van der Waals surface area contributed by atoms with Crippen molar-refractivity contribution in [2.24, 2.45) is 0 Å². The molecule has 2 N–H and O–H groups in total. The first-order chi connectivity index (χ1) is 13.2. The number of nitrogens with one attached hydrogen (secondary N) is 2. The van der Waals surface area contributed by atoms with E-state index in [4.69, 9.17) is 9.47 Å². The van der Waals surface area contributed by atoms with Crippen LogP contribution in [0.4, 0.5) is 5.69 Å². The van der Waals surface area contributed by atoms with Gasteiger partial charge in [-0.15, -0.1) is 0 Å². The number of aryl methyl sites for hydroxylation is 1. The van der Waals surface area contributed by atoms with Gasteiger partial charge < -0.3 is 14.8 Å². The molecule has 0 aliphatic heterocycles. The topological polar surface area (TPSA) is 93.7 Å². The van der Waals surface area contributed by atoms with Gasteiger partial charge in [0.15, 0.2) is 6.61 Å². The summed E-state index contributed by atoms with van der Waals surface area (Å²) in [4.78, 5) is 12.3. The highest BCUT2D eigenvalue weighted by molar-refractivity contribution is 7.89. The second-order valence-electron chi connectivity index (χ2n) is 6.44. The molecule has 152 valence electrons. The van der Waals surface area contributed by atoms with Crippen LogP contribution in [-0.2, 0) is 14.8 Å². The summed E-state index contributed by atoms with van der Waals surface area (Å²) < 4.78 is 37.7. The predicted octanol–water partition coefficient (Wildman–Crippen LogP) is 3.10. The Bertz CT molecular complexity index is 911. The molecule has 1 amide bonds. The molecule has 0 saturated heterocycles. The van der Waals surface area contributed by atoms with Crippen molar-refractivity contribution in [1.82, 2.24) is 4.72 Å². The van der Waals surface area contributed by atoms with Crippen LogP contribution < -0.4 is 19.5 Å². The highest BCUT2D eigenvalue weighted by Gasteiger charge is 2.16. The highest BCUT2D eigenvalue weighted by Crippen LogP contribution is 2.25. The molecule has 2 aromatic carbocycles. The zero-order chi connectivity index (χ0) is 20.7. The van der Waals surface area contributed by atoms with Gasteiger partial charge >= 0.3 is 0 Å². The van der Waals surface area contributed by atoms with Crippen LogP contribution in [0.15, 0.2) is 47.4 Å². The van der Waals surface area contributed by atoms with E-state index in [1.54, 1.807) is 19.1 Å². The predicted molar refractivity (Wildman–Crippen MR) is 108 cm³/mol. The average molecular weight is 407 g/mol. The lowest BCUT2D eigenvalue weighted by Crippen LogP contribution is -2.31. The molecule has 2 aromatic rings. The van der Waals surface area contributed by atoms with Crippen molar-refractivity contribution in [2.45, 2.75) is 38.1 Å². The fourth-order valence-electron chi connectivity index (χ4n) is 2.39. The number of sulfonamides is 1. The second-order valence-corrected chi connectivity index (χ2v) is 8.16. The third kappa shape index (κ3) is 5.97. The van der Waals surface area contributed by atoms with Gasteiger partial charge in [-0.1, -0.05) is 13.0 Å². The van der Waals surface area contributed by atoms with E-state index in [0.29, 0.717) is 23.6 Å². The molecular formula is C20H26N2O5S. The minimum atomic E-state index is -3.57. The van der Waals surface area contributed by atoms with Crippen molar-refractivity contribution in [1.29, 1.82) is 0 Å². The summed E-state index contributed by atoms with van der Waals surface area (Å²) in [7, 11) is -2.04. The smallest absolute Gasteiger partial charge is 0.262 e. The number of benzene rings is 2. The number of hydrogen-bond donors (Lipinski definition) is 2. The minimum absolute atomic E-state index is 0.147. The molecule has 7 nitrogen and oxygen atoms in total. The van der Waals surface area contributed by atoms with Gasteiger partial charge in [0.1, 0.15) is 11.5 Å². The molecule has 0 radical (unpaired) electrons. The summed E-state index contributed by atoms with van der Waals surface area (Å²) >= 11 is 0. The van der Waals surface area contributed by atoms with Crippen LogP contribution in [0.25, 0.3) is 0 Å². The Morgan fingerprint density at radius 3 is 2.43 bits per heavy atom. The van der Waals surface area contributed by atoms with Gasteiger partial charge in [0.25, 0.3) is 5.91 Å². The molecule has 0 spiro atoms. The molecule has 0 saturated carbocycles. The van der Waals surface area contributed by atoms with E-state index in [-0.39, 0.29) is 23.5 Å². The third-order valence-electron chi connectivity index (χ3n) is 4.10. The van der Waals surface area contributed by atoms with E-state index in [9.17, 15) is 13.2 Å². The van der Waals surface area contributed by atoms with Gasteiger partial charge in [0.2, 0.25) is 10.0 Å². The van der Waals surface area contributed by atoms with E-state index in [1.807, 2.05) is 19.9 Å². The number of anilines is 1. The summed E-state index contributed by atoms with van der Waals surface area (Å²) in [6.45, 7) is 5.41.